The van der Waals surface area contributed by atoms with Gasteiger partial charge in [0.1, 0.15) is 18.6 Å². The number of nitrogens with zero attached hydrogens (tertiary/aromatic N) is 2. The second-order valence-electron chi connectivity index (χ2n) is 6.17. The lowest BCUT2D eigenvalue weighted by Crippen LogP contribution is -2.29. The molecule has 1 N–H and O–H groups in total. The summed E-state index contributed by atoms with van der Waals surface area (Å²) in [5.74, 6) is 0.605. The minimum absolute atomic E-state index is 0.0253. The molecule has 0 amide bonds. The number of aromatic hydroxyl groups is 1. The van der Waals surface area contributed by atoms with Gasteiger partial charge < -0.3 is 9.94 Å². The molecular formula is C16H18N2O3. The second-order valence-corrected chi connectivity index (χ2v) is 6.17. The third-order valence-corrected chi connectivity index (χ3v) is 3.79. The molecule has 21 heavy (non-hydrogen) atoms. The summed E-state index contributed by atoms with van der Waals surface area (Å²) in [6.07, 6.45) is 1.18. The van der Waals surface area contributed by atoms with Gasteiger partial charge in [0.25, 0.3) is 0 Å². The Kier molecular flexibility index (Phi) is 3.01. The molecule has 0 radical (unpaired) electrons. The molecule has 1 aliphatic rings. The zero-order chi connectivity index (χ0) is 15.2. The lowest BCUT2D eigenvalue weighted by molar-refractivity contribution is 0.0851. The summed E-state index contributed by atoms with van der Waals surface area (Å²) in [5, 5.41) is 10.0. The van der Waals surface area contributed by atoms with Crippen molar-refractivity contribution in [2.45, 2.75) is 26.7 Å². The largest absolute Gasteiger partial charge is 0.507 e. The molecule has 110 valence electrons. The van der Waals surface area contributed by atoms with Gasteiger partial charge in [0.2, 0.25) is 0 Å². The Labute approximate surface area is 123 Å². The molecule has 0 atom stereocenters. The Bertz CT molecular complexity index is 716. The van der Waals surface area contributed by atoms with Crippen LogP contribution < -0.4 is 4.84 Å². The average molecular weight is 286 g/mol. The van der Waals surface area contributed by atoms with Gasteiger partial charge in [-0.2, -0.15) is 4.73 Å². The van der Waals surface area contributed by atoms with E-state index in [1.165, 1.54) is 11.8 Å². The summed E-state index contributed by atoms with van der Waals surface area (Å²) in [5.41, 5.74) is 1.68. The van der Waals surface area contributed by atoms with Crippen molar-refractivity contribution < 1.29 is 14.7 Å². The van der Waals surface area contributed by atoms with E-state index in [1.807, 2.05) is 6.07 Å². The third-order valence-electron chi connectivity index (χ3n) is 3.79. The van der Waals surface area contributed by atoms with E-state index in [-0.39, 0.29) is 16.9 Å². The van der Waals surface area contributed by atoms with Crippen LogP contribution in [0.5, 0.6) is 5.75 Å². The van der Waals surface area contributed by atoms with Gasteiger partial charge in [0.15, 0.2) is 11.6 Å². The van der Waals surface area contributed by atoms with E-state index < -0.39 is 0 Å². The number of rotatable bonds is 2. The van der Waals surface area contributed by atoms with Crippen LogP contribution in [-0.4, -0.2) is 27.7 Å². The molecule has 0 bridgehead atoms. The van der Waals surface area contributed by atoms with E-state index in [4.69, 9.17) is 4.84 Å². The molecular weight excluding hydrogens is 268 g/mol. The molecule has 1 heterocycles. The summed E-state index contributed by atoms with van der Waals surface area (Å²) in [6.45, 7) is 4.11. The lowest BCUT2D eigenvalue weighted by Gasteiger charge is -2.27. The zero-order valence-electron chi connectivity index (χ0n) is 12.4. The van der Waals surface area contributed by atoms with Crippen LogP contribution in [0, 0.1) is 5.41 Å². The smallest absolute Gasteiger partial charge is 0.185 e. The molecule has 5 heteroatoms. The molecule has 0 spiro atoms. The van der Waals surface area contributed by atoms with Crippen molar-refractivity contribution in [2.75, 3.05) is 7.11 Å². The summed E-state index contributed by atoms with van der Waals surface area (Å²) in [7, 11) is 1.50. The summed E-state index contributed by atoms with van der Waals surface area (Å²) >= 11 is 0. The standard InChI is InChI=1S/C16H18N2O3/c1-16(2)8-11-14(13(20)9-16)18(21-3)15(17-11)10-6-4-5-7-12(10)19/h4-7,19H,8-9H2,1-3H3. The highest BCUT2D eigenvalue weighted by atomic mass is 16.6. The number of phenolic OH excluding ortho intramolecular Hbond substituents is 1. The Morgan fingerprint density at radius 3 is 2.67 bits per heavy atom. The highest BCUT2D eigenvalue weighted by molar-refractivity contribution is 5.98. The van der Waals surface area contributed by atoms with E-state index >= 15 is 0 Å². The molecule has 1 aromatic heterocycles. The first kappa shape index (κ1) is 13.7. The van der Waals surface area contributed by atoms with Crippen molar-refractivity contribution in [3.63, 3.8) is 0 Å². The molecule has 5 nitrogen and oxygen atoms in total. The Balaban J connectivity index is 2.21. The predicted molar refractivity (Wildman–Crippen MR) is 78.3 cm³/mol. The van der Waals surface area contributed by atoms with E-state index in [9.17, 15) is 9.90 Å². The zero-order valence-corrected chi connectivity index (χ0v) is 12.4. The van der Waals surface area contributed by atoms with Crippen LogP contribution in [0.2, 0.25) is 0 Å². The number of para-hydroxylation sites is 1. The maximum atomic E-state index is 12.4. The molecule has 2 aromatic rings. The number of phenols is 1. The van der Waals surface area contributed by atoms with Crippen molar-refractivity contribution in [3.05, 3.63) is 35.7 Å². The van der Waals surface area contributed by atoms with Crippen LogP contribution in [-0.2, 0) is 6.42 Å². The summed E-state index contributed by atoms with van der Waals surface area (Å²) in [4.78, 5) is 22.3. The molecule has 0 saturated heterocycles. The van der Waals surface area contributed by atoms with Crippen LogP contribution in [0.1, 0.15) is 36.5 Å². The Morgan fingerprint density at radius 1 is 1.29 bits per heavy atom. The van der Waals surface area contributed by atoms with E-state index in [0.29, 0.717) is 29.9 Å². The van der Waals surface area contributed by atoms with Crippen LogP contribution >= 0.6 is 0 Å². The van der Waals surface area contributed by atoms with E-state index in [0.717, 1.165) is 5.69 Å². The lowest BCUT2D eigenvalue weighted by atomic mass is 9.77. The van der Waals surface area contributed by atoms with Gasteiger partial charge in [0, 0.05) is 6.42 Å². The van der Waals surface area contributed by atoms with Crippen molar-refractivity contribution in [1.29, 1.82) is 0 Å². The number of hydrogen-bond acceptors (Lipinski definition) is 4. The highest BCUT2D eigenvalue weighted by Gasteiger charge is 2.37. The normalized spacial score (nSPS) is 16.6. The SMILES string of the molecule is COn1c(-c2ccccc2O)nc2c1C(=O)CC(C)(C)C2. The van der Waals surface area contributed by atoms with E-state index in [1.54, 1.807) is 18.2 Å². The van der Waals surface area contributed by atoms with Crippen molar-refractivity contribution in [1.82, 2.24) is 9.71 Å². The van der Waals surface area contributed by atoms with Crippen molar-refractivity contribution >= 4 is 5.78 Å². The van der Waals surface area contributed by atoms with Crippen LogP contribution in [0.4, 0.5) is 0 Å². The first-order valence-corrected chi connectivity index (χ1v) is 6.90. The minimum atomic E-state index is -0.104. The fourth-order valence-electron chi connectivity index (χ4n) is 2.89. The molecule has 0 saturated carbocycles. The number of carbonyl (C=O) groups excluding carboxylic acids is 1. The molecule has 1 aromatic carbocycles. The number of aromatic nitrogens is 2. The number of benzene rings is 1. The number of Topliss-reactive ketones (excluding diaryl/α,β-unsaturated/α-hetero) is 1. The molecule has 3 rings (SSSR count). The molecule has 0 unspecified atom stereocenters. The average Bonchev–Trinajstić information content (AvgIpc) is 2.76. The first-order chi connectivity index (χ1) is 9.93. The van der Waals surface area contributed by atoms with Gasteiger partial charge >= 0.3 is 0 Å². The maximum absolute atomic E-state index is 12.4. The van der Waals surface area contributed by atoms with Gasteiger partial charge in [0.05, 0.1) is 11.3 Å². The van der Waals surface area contributed by atoms with Crippen molar-refractivity contribution in [3.8, 4) is 17.1 Å². The molecule has 0 aliphatic heterocycles. The topological polar surface area (TPSA) is 64.3 Å². The minimum Gasteiger partial charge on any atom is -0.507 e. The van der Waals surface area contributed by atoms with Gasteiger partial charge in [-0.1, -0.05) is 26.0 Å². The van der Waals surface area contributed by atoms with Crippen LogP contribution in [0.25, 0.3) is 11.4 Å². The fourth-order valence-corrected chi connectivity index (χ4v) is 2.89. The van der Waals surface area contributed by atoms with Crippen LogP contribution in [0.15, 0.2) is 24.3 Å². The number of imidazole rings is 1. The molecule has 1 aliphatic carbocycles. The van der Waals surface area contributed by atoms with Crippen molar-refractivity contribution in [2.24, 2.45) is 5.41 Å². The number of hydrogen-bond donors (Lipinski definition) is 1. The third kappa shape index (κ3) is 2.18. The predicted octanol–water partition coefficient (Wildman–Crippen LogP) is 2.47. The Morgan fingerprint density at radius 2 is 2.00 bits per heavy atom. The molecule has 0 fully saturated rings. The summed E-state index contributed by atoms with van der Waals surface area (Å²) in [6, 6.07) is 6.91. The maximum Gasteiger partial charge on any atom is 0.185 e. The van der Waals surface area contributed by atoms with E-state index in [2.05, 4.69) is 18.8 Å². The van der Waals surface area contributed by atoms with Gasteiger partial charge in [-0.05, 0) is 24.0 Å². The number of carbonyl (C=O) groups is 1. The first-order valence-electron chi connectivity index (χ1n) is 6.90. The van der Waals surface area contributed by atoms with Gasteiger partial charge in [-0.15, -0.1) is 0 Å². The highest BCUT2D eigenvalue weighted by Crippen LogP contribution is 2.37. The number of ketones is 1. The summed E-state index contributed by atoms with van der Waals surface area (Å²) < 4.78 is 1.43. The fraction of sp³-hybridized carbons (Fsp3) is 0.375. The number of fused-ring (bicyclic) bond motifs is 1. The monoisotopic (exact) mass is 286 g/mol. The van der Waals surface area contributed by atoms with Gasteiger partial charge in [-0.3, -0.25) is 4.79 Å². The Hall–Kier alpha value is -2.30. The van der Waals surface area contributed by atoms with Crippen LogP contribution in [0.3, 0.4) is 0 Å². The second kappa shape index (κ2) is 4.62. The quantitative estimate of drug-likeness (QED) is 0.921. The van der Waals surface area contributed by atoms with Gasteiger partial charge in [-0.25, -0.2) is 4.98 Å².